The quantitative estimate of drug-likeness (QED) is 0.502. The molecular weight excluding hydrogens is 432 g/mol. The highest BCUT2D eigenvalue weighted by Crippen LogP contribution is 2.61. The number of anilines is 4. The number of fused-ring (bicyclic) bond motifs is 3. The molecule has 0 amide bonds. The lowest BCUT2D eigenvalue weighted by molar-refractivity contribution is -0.100. The smallest absolute Gasteiger partial charge is 0.233 e. The van der Waals surface area contributed by atoms with E-state index >= 15 is 0 Å². The number of hydrogen-bond donors (Lipinski definition) is 3. The van der Waals surface area contributed by atoms with E-state index in [2.05, 4.69) is 45.7 Å². The highest BCUT2D eigenvalue weighted by atomic mass is 32.1. The van der Waals surface area contributed by atoms with Gasteiger partial charge >= 0.3 is 0 Å². The minimum Gasteiger partial charge on any atom is -0.354 e. The number of nitrogens with one attached hydrogen (secondary N) is 3. The van der Waals surface area contributed by atoms with E-state index in [-0.39, 0.29) is 0 Å². The zero-order valence-electron chi connectivity index (χ0n) is 19.3. The average molecular weight is 465 g/mol. The van der Waals surface area contributed by atoms with Crippen LogP contribution in [0.25, 0.3) is 10.2 Å². The van der Waals surface area contributed by atoms with Gasteiger partial charge in [0.15, 0.2) is 0 Å². The molecule has 4 aliphatic rings. The van der Waals surface area contributed by atoms with E-state index in [1.54, 1.807) is 11.3 Å². The van der Waals surface area contributed by atoms with Gasteiger partial charge in [0.1, 0.15) is 0 Å². The predicted octanol–water partition coefficient (Wildman–Crippen LogP) is 4.12. The van der Waals surface area contributed by atoms with Gasteiger partial charge in [-0.1, -0.05) is 13.8 Å². The highest BCUT2D eigenvalue weighted by Gasteiger charge is 2.53. The van der Waals surface area contributed by atoms with E-state index in [9.17, 15) is 0 Å². The molecule has 7 rings (SSSR count). The minimum atomic E-state index is 0.484. The Morgan fingerprint density at radius 3 is 2.79 bits per heavy atom. The molecule has 4 fully saturated rings. The molecule has 3 aromatic rings. The maximum atomic E-state index is 4.82. The van der Waals surface area contributed by atoms with E-state index in [0.29, 0.717) is 23.2 Å². The maximum absolute atomic E-state index is 4.82. The number of benzene rings is 1. The maximum Gasteiger partial charge on any atom is 0.233 e. The summed E-state index contributed by atoms with van der Waals surface area (Å²) in [4.78, 5) is 20.9. The van der Waals surface area contributed by atoms with Crippen molar-refractivity contribution >= 4 is 45.1 Å². The van der Waals surface area contributed by atoms with Crippen LogP contribution >= 0.6 is 11.3 Å². The number of aromatic nitrogens is 4. The monoisotopic (exact) mass is 464 g/mol. The standard InChI is InChI=1S/C24H32N8S/c1-24(2)16-4-3-15(18(24)11-16)13-26-21-29-22(31-23(30-21)32-9-7-25-8-10-32)28-17-5-6-19-20(12-17)33-14-27-19/h5-6,12,14-16,18,25H,3-4,7-11,13H2,1-2H3,(H2,26,28,29,30,31)/t15-,16-,18?/m1/s1. The van der Waals surface area contributed by atoms with Gasteiger partial charge in [-0.15, -0.1) is 11.3 Å². The first-order chi connectivity index (χ1) is 16.1. The molecule has 1 aromatic carbocycles. The highest BCUT2D eigenvalue weighted by molar-refractivity contribution is 7.16. The van der Waals surface area contributed by atoms with E-state index < -0.39 is 0 Å². The van der Waals surface area contributed by atoms with Crippen molar-refractivity contribution < 1.29 is 0 Å². The summed E-state index contributed by atoms with van der Waals surface area (Å²) in [7, 11) is 0. The topological polar surface area (TPSA) is 90.9 Å². The molecule has 3 N–H and O–H groups in total. The summed E-state index contributed by atoms with van der Waals surface area (Å²) in [6.07, 6.45) is 4.04. The number of piperazine rings is 1. The van der Waals surface area contributed by atoms with Crippen LogP contribution in [-0.4, -0.2) is 52.7 Å². The summed E-state index contributed by atoms with van der Waals surface area (Å²) in [5.41, 5.74) is 4.33. The lowest BCUT2D eigenvalue weighted by Gasteiger charge is -2.60. The number of nitrogens with zero attached hydrogens (tertiary/aromatic N) is 5. The molecule has 0 spiro atoms. The Kier molecular flexibility index (Phi) is 5.33. The Morgan fingerprint density at radius 2 is 1.97 bits per heavy atom. The first-order valence-electron chi connectivity index (χ1n) is 12.1. The van der Waals surface area contributed by atoms with Crippen molar-refractivity contribution in [3.8, 4) is 0 Å². The molecule has 0 radical (unpaired) electrons. The van der Waals surface area contributed by atoms with Gasteiger partial charge in [-0.2, -0.15) is 15.0 Å². The largest absolute Gasteiger partial charge is 0.354 e. The van der Waals surface area contributed by atoms with Crippen molar-refractivity contribution in [2.24, 2.45) is 23.2 Å². The van der Waals surface area contributed by atoms with Crippen molar-refractivity contribution in [2.75, 3.05) is 48.3 Å². The van der Waals surface area contributed by atoms with Gasteiger partial charge < -0.3 is 20.9 Å². The summed E-state index contributed by atoms with van der Waals surface area (Å²) in [6, 6.07) is 6.16. The van der Waals surface area contributed by atoms with Gasteiger partial charge in [0, 0.05) is 38.4 Å². The van der Waals surface area contributed by atoms with Crippen LogP contribution in [0, 0.1) is 23.2 Å². The van der Waals surface area contributed by atoms with Gasteiger partial charge in [0.25, 0.3) is 0 Å². The molecule has 2 aromatic heterocycles. The summed E-state index contributed by atoms with van der Waals surface area (Å²) < 4.78 is 1.15. The van der Waals surface area contributed by atoms with Crippen LogP contribution < -0.4 is 20.9 Å². The third-order valence-electron chi connectivity index (χ3n) is 8.13. The van der Waals surface area contributed by atoms with Gasteiger partial charge in [-0.05, 0) is 60.6 Å². The van der Waals surface area contributed by atoms with E-state index in [4.69, 9.17) is 15.0 Å². The molecule has 9 heteroatoms. The van der Waals surface area contributed by atoms with Gasteiger partial charge in [-0.25, -0.2) is 4.98 Å². The summed E-state index contributed by atoms with van der Waals surface area (Å²) in [5.74, 6) is 4.40. The van der Waals surface area contributed by atoms with Crippen molar-refractivity contribution in [1.82, 2.24) is 25.3 Å². The molecule has 1 aliphatic heterocycles. The van der Waals surface area contributed by atoms with Crippen molar-refractivity contribution in [3.05, 3.63) is 23.7 Å². The Balaban J connectivity index is 1.23. The first-order valence-corrected chi connectivity index (χ1v) is 13.0. The van der Waals surface area contributed by atoms with Crippen LogP contribution in [0.1, 0.15) is 33.1 Å². The predicted molar refractivity (Wildman–Crippen MR) is 134 cm³/mol. The molecule has 3 atom stereocenters. The fraction of sp³-hybridized carbons (Fsp3) is 0.583. The third-order valence-corrected chi connectivity index (χ3v) is 8.93. The fourth-order valence-corrected chi connectivity index (χ4v) is 6.71. The fourth-order valence-electron chi connectivity index (χ4n) is 6.00. The minimum absolute atomic E-state index is 0.484. The number of thiazole rings is 1. The molecule has 2 bridgehead atoms. The van der Waals surface area contributed by atoms with Crippen molar-refractivity contribution in [1.29, 1.82) is 0 Å². The zero-order valence-corrected chi connectivity index (χ0v) is 20.2. The molecule has 3 saturated carbocycles. The average Bonchev–Trinajstić information content (AvgIpc) is 3.31. The van der Waals surface area contributed by atoms with Crippen LogP contribution in [-0.2, 0) is 0 Å². The Morgan fingerprint density at radius 1 is 1.12 bits per heavy atom. The van der Waals surface area contributed by atoms with Crippen LogP contribution in [0.4, 0.5) is 23.5 Å². The Bertz CT molecular complexity index is 1140. The third kappa shape index (κ3) is 4.01. The molecule has 3 aliphatic carbocycles. The molecule has 8 nitrogen and oxygen atoms in total. The summed E-state index contributed by atoms with van der Waals surface area (Å²) >= 11 is 1.64. The summed E-state index contributed by atoms with van der Waals surface area (Å²) in [5, 5.41) is 10.4. The second kappa shape index (κ2) is 8.36. The van der Waals surface area contributed by atoms with E-state index in [0.717, 1.165) is 66.4 Å². The molecule has 174 valence electrons. The van der Waals surface area contributed by atoms with E-state index in [1.165, 1.54) is 19.3 Å². The lowest BCUT2D eigenvalue weighted by atomic mass is 9.45. The van der Waals surface area contributed by atoms with Gasteiger partial charge in [0.05, 0.1) is 15.7 Å². The van der Waals surface area contributed by atoms with Crippen LogP contribution in [0.3, 0.4) is 0 Å². The number of rotatable bonds is 6. The lowest BCUT2D eigenvalue weighted by Crippen LogP contribution is -2.53. The molecule has 1 unspecified atom stereocenters. The Hall–Kier alpha value is -2.52. The normalized spacial score (nSPS) is 26.1. The molecule has 3 heterocycles. The molecule has 33 heavy (non-hydrogen) atoms. The first kappa shape index (κ1) is 21.0. The summed E-state index contributed by atoms with van der Waals surface area (Å²) in [6.45, 7) is 9.51. The van der Waals surface area contributed by atoms with Crippen molar-refractivity contribution in [3.63, 3.8) is 0 Å². The Labute approximate surface area is 198 Å². The van der Waals surface area contributed by atoms with E-state index in [1.807, 2.05) is 17.6 Å². The van der Waals surface area contributed by atoms with Crippen LogP contribution in [0.15, 0.2) is 23.7 Å². The molecular formula is C24H32N8S. The van der Waals surface area contributed by atoms with Crippen LogP contribution in [0.5, 0.6) is 0 Å². The van der Waals surface area contributed by atoms with Crippen molar-refractivity contribution in [2.45, 2.75) is 33.1 Å². The SMILES string of the molecule is CC1(C)C2C[C@H]1CC[C@@H]2CNc1nc(Nc2ccc3ncsc3c2)nc(N2CCNCC2)n1. The van der Waals surface area contributed by atoms with Crippen LogP contribution in [0.2, 0.25) is 0 Å². The van der Waals surface area contributed by atoms with Gasteiger partial charge in [-0.3, -0.25) is 0 Å². The number of hydrogen-bond acceptors (Lipinski definition) is 9. The molecule has 1 saturated heterocycles. The zero-order chi connectivity index (χ0) is 22.4. The second-order valence-electron chi connectivity index (χ2n) is 10.3. The van der Waals surface area contributed by atoms with Gasteiger partial charge in [0.2, 0.25) is 17.8 Å². The second-order valence-corrected chi connectivity index (χ2v) is 11.1.